The maximum atomic E-state index is 6.14. The largest absolute Gasteiger partial charge is 0.493 e. The van der Waals surface area contributed by atoms with Gasteiger partial charge in [-0.05, 0) is 75.0 Å². The highest BCUT2D eigenvalue weighted by Crippen LogP contribution is 2.31. The second-order valence-electron chi connectivity index (χ2n) is 9.73. The van der Waals surface area contributed by atoms with Crippen molar-refractivity contribution >= 4 is 0 Å². The maximum Gasteiger partial charge on any atom is 0.161 e. The third-order valence-corrected chi connectivity index (χ3v) is 6.92. The third-order valence-electron chi connectivity index (χ3n) is 6.92. The Morgan fingerprint density at radius 3 is 2.47 bits per heavy atom. The fourth-order valence-corrected chi connectivity index (χ4v) is 4.67. The van der Waals surface area contributed by atoms with Crippen molar-refractivity contribution in [2.24, 2.45) is 0 Å². The molecule has 194 valence electrons. The summed E-state index contributed by atoms with van der Waals surface area (Å²) in [4.78, 5) is 2.49. The highest BCUT2D eigenvalue weighted by Gasteiger charge is 2.33. The smallest absolute Gasteiger partial charge is 0.161 e. The second kappa shape index (κ2) is 12.3. The predicted octanol–water partition coefficient (Wildman–Crippen LogP) is 5.04. The highest BCUT2D eigenvalue weighted by molar-refractivity contribution is 5.43. The van der Waals surface area contributed by atoms with E-state index in [0.717, 1.165) is 61.7 Å². The molecule has 1 saturated heterocycles. The minimum Gasteiger partial charge on any atom is -0.493 e. The van der Waals surface area contributed by atoms with Gasteiger partial charge in [0.1, 0.15) is 24.6 Å². The molecule has 1 fully saturated rings. The van der Waals surface area contributed by atoms with Crippen LogP contribution in [0, 0.1) is 13.8 Å². The Morgan fingerprint density at radius 1 is 0.917 bits per heavy atom. The van der Waals surface area contributed by atoms with E-state index in [1.807, 2.05) is 49.3 Å². The van der Waals surface area contributed by atoms with Crippen LogP contribution < -0.4 is 14.2 Å². The van der Waals surface area contributed by atoms with E-state index in [4.69, 9.17) is 18.9 Å². The van der Waals surface area contributed by atoms with Gasteiger partial charge in [0.15, 0.2) is 11.5 Å². The molecule has 1 aliphatic heterocycles. The van der Waals surface area contributed by atoms with Crippen LogP contribution in [0.3, 0.4) is 0 Å². The van der Waals surface area contributed by atoms with Gasteiger partial charge in [-0.15, -0.1) is 0 Å². The number of hydrogen-bond acceptors (Lipinski definition) is 6. The van der Waals surface area contributed by atoms with Crippen molar-refractivity contribution in [1.82, 2.24) is 14.7 Å². The SMILES string of the molecule is COc1ccc(CN2CCC[C@](COc3ccc(C)cc3)(OC)CC2)cc1OCCn1cc(C)cn1. The Hall–Kier alpha value is -3.03. The summed E-state index contributed by atoms with van der Waals surface area (Å²) < 4.78 is 25.7. The minimum atomic E-state index is -0.265. The molecule has 0 amide bonds. The number of rotatable bonds is 11. The quantitative estimate of drug-likeness (QED) is 0.373. The number of methoxy groups -OCH3 is 2. The molecule has 4 rings (SSSR count). The summed E-state index contributed by atoms with van der Waals surface area (Å²) in [6.45, 7) is 8.74. The number of ether oxygens (including phenoxy) is 4. The van der Waals surface area contributed by atoms with Gasteiger partial charge in [-0.1, -0.05) is 23.8 Å². The molecule has 7 nitrogen and oxygen atoms in total. The molecule has 3 aromatic rings. The van der Waals surface area contributed by atoms with Crippen LogP contribution in [-0.2, 0) is 17.8 Å². The molecular weight excluding hydrogens is 454 g/mol. The van der Waals surface area contributed by atoms with E-state index >= 15 is 0 Å². The average Bonchev–Trinajstić information content (AvgIpc) is 3.20. The van der Waals surface area contributed by atoms with E-state index in [9.17, 15) is 0 Å². The fourth-order valence-electron chi connectivity index (χ4n) is 4.67. The lowest BCUT2D eigenvalue weighted by atomic mass is 9.95. The summed E-state index contributed by atoms with van der Waals surface area (Å²) in [5.41, 5.74) is 3.32. The molecule has 36 heavy (non-hydrogen) atoms. The molecule has 2 aromatic carbocycles. The number of aromatic nitrogens is 2. The Balaban J connectivity index is 1.33. The minimum absolute atomic E-state index is 0.265. The zero-order valence-corrected chi connectivity index (χ0v) is 22.0. The summed E-state index contributed by atoms with van der Waals surface area (Å²) in [5.74, 6) is 2.41. The molecule has 1 aliphatic rings. The van der Waals surface area contributed by atoms with Crippen LogP contribution in [-0.4, -0.2) is 60.8 Å². The molecule has 2 heterocycles. The van der Waals surface area contributed by atoms with Crippen LogP contribution in [0.5, 0.6) is 17.2 Å². The van der Waals surface area contributed by atoms with Gasteiger partial charge in [-0.3, -0.25) is 9.58 Å². The lowest BCUT2D eigenvalue weighted by molar-refractivity contribution is -0.0541. The van der Waals surface area contributed by atoms with Crippen molar-refractivity contribution in [2.45, 2.75) is 51.8 Å². The maximum absolute atomic E-state index is 6.14. The Morgan fingerprint density at radius 2 is 1.75 bits per heavy atom. The molecule has 0 aliphatic carbocycles. The first-order chi connectivity index (χ1) is 17.5. The molecule has 0 N–H and O–H groups in total. The summed E-state index contributed by atoms with van der Waals surface area (Å²) in [6.07, 6.45) is 6.85. The monoisotopic (exact) mass is 493 g/mol. The first kappa shape index (κ1) is 26.0. The molecule has 1 atom stereocenters. The van der Waals surface area contributed by atoms with Gasteiger partial charge in [0.05, 0.1) is 19.9 Å². The zero-order valence-electron chi connectivity index (χ0n) is 22.0. The van der Waals surface area contributed by atoms with Gasteiger partial charge in [0, 0.05) is 26.4 Å². The van der Waals surface area contributed by atoms with Crippen molar-refractivity contribution in [1.29, 1.82) is 0 Å². The molecule has 0 bridgehead atoms. The van der Waals surface area contributed by atoms with Crippen LogP contribution >= 0.6 is 0 Å². The highest BCUT2D eigenvalue weighted by atomic mass is 16.5. The van der Waals surface area contributed by atoms with Gasteiger partial charge >= 0.3 is 0 Å². The molecule has 1 aromatic heterocycles. The molecule has 0 spiro atoms. The Kier molecular flexibility index (Phi) is 8.88. The van der Waals surface area contributed by atoms with E-state index in [1.165, 1.54) is 11.1 Å². The summed E-state index contributed by atoms with van der Waals surface area (Å²) in [6, 6.07) is 14.4. The number of nitrogens with zero attached hydrogens (tertiary/aromatic N) is 3. The summed E-state index contributed by atoms with van der Waals surface area (Å²) >= 11 is 0. The standard InChI is InChI=1S/C29H39N3O4/c1-23-6-9-26(10-7-23)36-22-29(34-4)12-5-14-31(15-13-29)21-25-8-11-27(33-3)28(18-25)35-17-16-32-20-24(2)19-30-32/h6-11,18-20H,5,12-17,21-22H2,1-4H3/t29-/m0/s1. The normalized spacial score (nSPS) is 18.6. The third kappa shape index (κ3) is 7.02. The van der Waals surface area contributed by atoms with E-state index in [1.54, 1.807) is 7.11 Å². The van der Waals surface area contributed by atoms with Crippen molar-refractivity contribution in [2.75, 3.05) is 40.5 Å². The Bertz CT molecular complexity index is 1100. The van der Waals surface area contributed by atoms with Crippen LogP contribution in [0.15, 0.2) is 54.9 Å². The van der Waals surface area contributed by atoms with E-state index in [0.29, 0.717) is 19.8 Å². The Labute approximate surface area is 214 Å². The van der Waals surface area contributed by atoms with Crippen molar-refractivity contribution in [3.8, 4) is 17.2 Å². The molecule has 0 saturated carbocycles. The lowest BCUT2D eigenvalue weighted by Crippen LogP contribution is -2.39. The summed E-state index contributed by atoms with van der Waals surface area (Å²) in [5, 5.41) is 4.33. The van der Waals surface area contributed by atoms with Crippen molar-refractivity contribution in [3.05, 3.63) is 71.5 Å². The molecule has 7 heteroatoms. The first-order valence-electron chi connectivity index (χ1n) is 12.7. The fraction of sp³-hybridized carbons (Fsp3) is 0.483. The first-order valence-corrected chi connectivity index (χ1v) is 12.7. The van der Waals surface area contributed by atoms with Gasteiger partial charge in [-0.25, -0.2) is 0 Å². The van der Waals surface area contributed by atoms with Crippen LogP contribution in [0.4, 0.5) is 0 Å². The summed E-state index contributed by atoms with van der Waals surface area (Å²) in [7, 11) is 3.49. The van der Waals surface area contributed by atoms with E-state index in [2.05, 4.69) is 41.2 Å². The number of benzene rings is 2. The van der Waals surface area contributed by atoms with E-state index in [-0.39, 0.29) is 5.60 Å². The predicted molar refractivity (Wildman–Crippen MR) is 141 cm³/mol. The van der Waals surface area contributed by atoms with Crippen molar-refractivity contribution in [3.63, 3.8) is 0 Å². The van der Waals surface area contributed by atoms with Gasteiger partial charge < -0.3 is 18.9 Å². The number of hydrogen-bond donors (Lipinski definition) is 0. The zero-order chi connectivity index (χ0) is 25.4. The van der Waals surface area contributed by atoms with Gasteiger partial charge in [0.2, 0.25) is 0 Å². The molecule has 0 unspecified atom stereocenters. The van der Waals surface area contributed by atoms with E-state index < -0.39 is 0 Å². The van der Waals surface area contributed by atoms with Crippen molar-refractivity contribution < 1.29 is 18.9 Å². The molecular formula is C29H39N3O4. The average molecular weight is 494 g/mol. The van der Waals surface area contributed by atoms with Gasteiger partial charge in [0.25, 0.3) is 0 Å². The van der Waals surface area contributed by atoms with Crippen LogP contribution in [0.25, 0.3) is 0 Å². The van der Waals surface area contributed by atoms with Gasteiger partial charge in [-0.2, -0.15) is 5.10 Å². The molecule has 0 radical (unpaired) electrons. The second-order valence-corrected chi connectivity index (χ2v) is 9.73. The number of aryl methyl sites for hydroxylation is 2. The van der Waals surface area contributed by atoms with Crippen LogP contribution in [0.2, 0.25) is 0 Å². The number of likely N-dealkylation sites (tertiary alicyclic amines) is 1. The van der Waals surface area contributed by atoms with Crippen LogP contribution in [0.1, 0.15) is 36.0 Å². The lowest BCUT2D eigenvalue weighted by Gasteiger charge is -2.31. The topological polar surface area (TPSA) is 58.0 Å².